The van der Waals surface area contributed by atoms with E-state index in [0.717, 1.165) is 25.4 Å². The molecule has 6 heteroatoms. The molecule has 3 atom stereocenters. The van der Waals surface area contributed by atoms with Gasteiger partial charge in [0.1, 0.15) is 24.3 Å². The van der Waals surface area contributed by atoms with Crippen molar-refractivity contribution < 1.29 is 13.9 Å². The lowest BCUT2D eigenvalue weighted by Crippen LogP contribution is -2.34. The van der Waals surface area contributed by atoms with Gasteiger partial charge in [-0.25, -0.2) is 4.39 Å². The number of rotatable bonds is 8. The number of benzene rings is 2. The molecular weight excluding hydrogens is 388 g/mol. The minimum absolute atomic E-state index is 0.0660. The lowest BCUT2D eigenvalue weighted by molar-refractivity contribution is 0.137. The first-order valence-corrected chi connectivity index (χ1v) is 9.97. The number of likely N-dealkylation sites (tertiary alicyclic amines) is 1. The standard InChI is InChI=1S/C21H22Cl2FNO2/c22-14-1-5-17(6-2-14)26-12-16(24)9-25-10-19-20(11-25)21(19)13-27-18-7-3-15(23)4-8-18/h1-8,16,19-21H,9-13H2. The summed E-state index contributed by atoms with van der Waals surface area (Å²) in [6, 6.07) is 14.4. The Morgan fingerprint density at radius 2 is 1.41 bits per heavy atom. The molecule has 1 heterocycles. The highest BCUT2D eigenvalue weighted by Gasteiger charge is 2.55. The monoisotopic (exact) mass is 409 g/mol. The van der Waals surface area contributed by atoms with Gasteiger partial charge in [-0.15, -0.1) is 0 Å². The summed E-state index contributed by atoms with van der Waals surface area (Å²) in [5.74, 6) is 3.33. The van der Waals surface area contributed by atoms with Gasteiger partial charge < -0.3 is 9.47 Å². The molecule has 1 aliphatic carbocycles. The smallest absolute Gasteiger partial charge is 0.147 e. The fourth-order valence-electron chi connectivity index (χ4n) is 3.91. The van der Waals surface area contributed by atoms with Crippen molar-refractivity contribution in [2.24, 2.45) is 17.8 Å². The van der Waals surface area contributed by atoms with Crippen molar-refractivity contribution in [2.75, 3.05) is 32.8 Å². The Morgan fingerprint density at radius 3 is 1.96 bits per heavy atom. The molecule has 0 bridgehead atoms. The van der Waals surface area contributed by atoms with E-state index in [9.17, 15) is 4.39 Å². The van der Waals surface area contributed by atoms with E-state index in [4.69, 9.17) is 32.7 Å². The average Bonchev–Trinajstić information content (AvgIpc) is 3.12. The lowest BCUT2D eigenvalue weighted by atomic mass is 10.2. The molecule has 1 aliphatic heterocycles. The third-order valence-electron chi connectivity index (χ3n) is 5.40. The minimum Gasteiger partial charge on any atom is -0.493 e. The number of alkyl halides is 1. The largest absolute Gasteiger partial charge is 0.493 e. The molecule has 3 nitrogen and oxygen atoms in total. The molecule has 27 heavy (non-hydrogen) atoms. The van der Waals surface area contributed by atoms with Gasteiger partial charge in [-0.1, -0.05) is 23.2 Å². The molecule has 4 rings (SSSR count). The zero-order valence-electron chi connectivity index (χ0n) is 14.9. The van der Waals surface area contributed by atoms with E-state index >= 15 is 0 Å². The zero-order chi connectivity index (χ0) is 18.8. The van der Waals surface area contributed by atoms with Crippen molar-refractivity contribution in [1.82, 2.24) is 4.90 Å². The van der Waals surface area contributed by atoms with E-state index in [1.807, 2.05) is 24.3 Å². The summed E-state index contributed by atoms with van der Waals surface area (Å²) in [6.07, 6.45) is -0.998. The molecule has 0 radical (unpaired) electrons. The average molecular weight is 410 g/mol. The molecule has 2 aromatic carbocycles. The van der Waals surface area contributed by atoms with Crippen LogP contribution < -0.4 is 9.47 Å². The molecule has 3 unspecified atom stereocenters. The van der Waals surface area contributed by atoms with Crippen LogP contribution in [0.25, 0.3) is 0 Å². The van der Waals surface area contributed by atoms with Crippen molar-refractivity contribution in [1.29, 1.82) is 0 Å². The van der Waals surface area contributed by atoms with Crippen molar-refractivity contribution in [3.05, 3.63) is 58.6 Å². The first-order chi connectivity index (χ1) is 13.1. The van der Waals surface area contributed by atoms with Gasteiger partial charge in [-0.2, -0.15) is 0 Å². The second-order valence-corrected chi connectivity index (χ2v) is 8.21. The summed E-state index contributed by atoms with van der Waals surface area (Å²) in [4.78, 5) is 2.20. The Bertz CT molecular complexity index is 744. The molecule has 0 N–H and O–H groups in total. The van der Waals surface area contributed by atoms with Crippen molar-refractivity contribution in [2.45, 2.75) is 6.17 Å². The SMILES string of the molecule is FC(COc1ccc(Cl)cc1)CN1CC2C(COc3ccc(Cl)cc3)C2C1. The number of hydrogen-bond donors (Lipinski definition) is 0. The van der Waals surface area contributed by atoms with Gasteiger partial charge in [-0.05, 0) is 60.4 Å². The number of fused-ring (bicyclic) bond motifs is 1. The number of nitrogens with zero attached hydrogens (tertiary/aromatic N) is 1. The molecule has 2 fully saturated rings. The number of piperidine rings is 1. The number of ether oxygens (including phenoxy) is 2. The van der Waals surface area contributed by atoms with Gasteiger partial charge in [0.2, 0.25) is 0 Å². The molecule has 2 aromatic rings. The third-order valence-corrected chi connectivity index (χ3v) is 5.91. The van der Waals surface area contributed by atoms with Gasteiger partial charge in [-0.3, -0.25) is 4.90 Å². The summed E-state index contributed by atoms with van der Waals surface area (Å²) < 4.78 is 25.6. The fraction of sp³-hybridized carbons (Fsp3) is 0.429. The summed E-state index contributed by atoms with van der Waals surface area (Å²) in [5, 5.41) is 1.35. The summed E-state index contributed by atoms with van der Waals surface area (Å²) in [5.41, 5.74) is 0. The van der Waals surface area contributed by atoms with Crippen LogP contribution in [0.1, 0.15) is 0 Å². The van der Waals surface area contributed by atoms with Crippen molar-refractivity contribution in [3.63, 3.8) is 0 Å². The van der Waals surface area contributed by atoms with Crippen molar-refractivity contribution in [3.8, 4) is 11.5 Å². The number of halogens is 3. The highest BCUT2D eigenvalue weighted by Crippen LogP contribution is 2.51. The van der Waals surface area contributed by atoms with Crippen molar-refractivity contribution >= 4 is 23.2 Å². The highest BCUT2D eigenvalue weighted by atomic mass is 35.5. The predicted octanol–water partition coefficient (Wildman–Crippen LogP) is 4.97. The Labute approximate surface area is 169 Å². The molecule has 0 amide bonds. The third kappa shape index (κ3) is 4.87. The maximum atomic E-state index is 14.2. The molecule has 2 aliphatic rings. The van der Waals surface area contributed by atoms with Crippen LogP contribution in [0.5, 0.6) is 11.5 Å². The molecular formula is C21H22Cl2FNO2. The van der Waals surface area contributed by atoms with Crippen LogP contribution in [0.3, 0.4) is 0 Å². The van der Waals surface area contributed by atoms with E-state index in [0.29, 0.717) is 40.1 Å². The molecule has 0 spiro atoms. The van der Waals surface area contributed by atoms with Gasteiger partial charge in [0.05, 0.1) is 6.61 Å². The Hall–Kier alpha value is -1.49. The summed E-state index contributed by atoms with van der Waals surface area (Å²) >= 11 is 11.7. The molecule has 1 saturated carbocycles. The quantitative estimate of drug-likeness (QED) is 0.614. The van der Waals surface area contributed by atoms with Gasteiger partial charge >= 0.3 is 0 Å². The fourth-order valence-corrected chi connectivity index (χ4v) is 4.16. The van der Waals surface area contributed by atoms with Crippen LogP contribution in [0, 0.1) is 17.8 Å². The second kappa shape index (κ2) is 8.26. The van der Waals surface area contributed by atoms with E-state index in [-0.39, 0.29) is 6.61 Å². The van der Waals surface area contributed by atoms with E-state index < -0.39 is 6.17 Å². The molecule has 1 saturated heterocycles. The van der Waals surface area contributed by atoms with Crippen LogP contribution in [0.15, 0.2) is 48.5 Å². The van der Waals surface area contributed by atoms with E-state index in [2.05, 4.69) is 4.90 Å². The van der Waals surface area contributed by atoms with Gasteiger partial charge in [0.15, 0.2) is 0 Å². The Kier molecular flexibility index (Phi) is 5.76. The maximum Gasteiger partial charge on any atom is 0.147 e. The van der Waals surface area contributed by atoms with Crippen LogP contribution >= 0.6 is 23.2 Å². The topological polar surface area (TPSA) is 21.7 Å². The summed E-state index contributed by atoms with van der Waals surface area (Å²) in [6.45, 7) is 3.10. The first-order valence-electron chi connectivity index (χ1n) is 9.21. The maximum absolute atomic E-state index is 14.2. The molecule has 144 valence electrons. The van der Waals surface area contributed by atoms with E-state index in [1.54, 1.807) is 24.3 Å². The first kappa shape index (κ1) is 18.9. The Balaban J connectivity index is 1.14. The van der Waals surface area contributed by atoms with E-state index in [1.165, 1.54) is 0 Å². The molecule has 0 aromatic heterocycles. The normalized spacial score (nSPS) is 25.1. The highest BCUT2D eigenvalue weighted by molar-refractivity contribution is 6.30. The van der Waals surface area contributed by atoms with Crippen LogP contribution in [0.2, 0.25) is 10.0 Å². The van der Waals surface area contributed by atoms with Crippen LogP contribution in [-0.2, 0) is 0 Å². The summed E-state index contributed by atoms with van der Waals surface area (Å²) in [7, 11) is 0. The Morgan fingerprint density at radius 1 is 0.889 bits per heavy atom. The predicted molar refractivity (Wildman–Crippen MR) is 106 cm³/mol. The zero-order valence-corrected chi connectivity index (χ0v) is 16.4. The van der Waals surface area contributed by atoms with Crippen LogP contribution in [-0.4, -0.2) is 43.9 Å². The van der Waals surface area contributed by atoms with Gasteiger partial charge in [0, 0.05) is 35.6 Å². The van der Waals surface area contributed by atoms with Crippen LogP contribution in [0.4, 0.5) is 4.39 Å². The lowest BCUT2D eigenvalue weighted by Gasteiger charge is -2.21. The minimum atomic E-state index is -0.998. The van der Waals surface area contributed by atoms with Gasteiger partial charge in [0.25, 0.3) is 0 Å². The second-order valence-electron chi connectivity index (χ2n) is 7.34. The number of hydrogen-bond acceptors (Lipinski definition) is 3.